The number of ether oxygens (including phenoxy) is 1. The number of aryl methyl sites for hydroxylation is 2. The molecule has 20 heavy (non-hydrogen) atoms. The van der Waals surface area contributed by atoms with Crippen LogP contribution in [0.2, 0.25) is 5.02 Å². The molecule has 0 aliphatic heterocycles. The molecule has 5 nitrogen and oxygen atoms in total. The van der Waals surface area contributed by atoms with E-state index >= 15 is 0 Å². The summed E-state index contributed by atoms with van der Waals surface area (Å²) in [6.07, 6.45) is 0. The van der Waals surface area contributed by atoms with Gasteiger partial charge in [0.15, 0.2) is 0 Å². The third kappa shape index (κ3) is 2.81. The number of rotatable bonds is 3. The summed E-state index contributed by atoms with van der Waals surface area (Å²) >= 11 is 9.40. The second-order valence-corrected chi connectivity index (χ2v) is 5.43. The number of aromatic nitrogens is 2. The molecule has 0 bridgehead atoms. The van der Waals surface area contributed by atoms with Gasteiger partial charge in [0.25, 0.3) is 0 Å². The molecule has 0 unspecified atom stereocenters. The normalized spacial score (nSPS) is 10.6. The molecule has 0 fully saturated rings. The maximum Gasteiger partial charge on any atom is 0.340 e. The van der Waals surface area contributed by atoms with Crippen LogP contribution in [0.15, 0.2) is 22.7 Å². The van der Waals surface area contributed by atoms with Gasteiger partial charge < -0.3 is 10.5 Å². The van der Waals surface area contributed by atoms with Crippen molar-refractivity contribution in [2.75, 3.05) is 5.73 Å². The van der Waals surface area contributed by atoms with Crippen molar-refractivity contribution in [3.8, 4) is 0 Å². The first-order valence-corrected chi connectivity index (χ1v) is 6.98. The molecule has 0 aliphatic carbocycles. The fourth-order valence-electron chi connectivity index (χ4n) is 1.76. The fraction of sp³-hybridized carbons (Fsp3) is 0.231. The zero-order chi connectivity index (χ0) is 14.9. The molecule has 7 heteroatoms. The number of hydrogen-bond acceptors (Lipinski definition) is 4. The third-order valence-electron chi connectivity index (χ3n) is 2.85. The quantitative estimate of drug-likeness (QED) is 0.676. The Labute approximate surface area is 129 Å². The lowest BCUT2D eigenvalue weighted by molar-refractivity contribution is 0.0463. The van der Waals surface area contributed by atoms with Gasteiger partial charge in [0, 0.05) is 7.05 Å². The van der Waals surface area contributed by atoms with Crippen LogP contribution in [0.5, 0.6) is 0 Å². The summed E-state index contributed by atoms with van der Waals surface area (Å²) in [6, 6.07) is 4.85. The van der Waals surface area contributed by atoms with Crippen molar-refractivity contribution in [2.24, 2.45) is 7.05 Å². The summed E-state index contributed by atoms with van der Waals surface area (Å²) < 4.78 is 7.74. The van der Waals surface area contributed by atoms with Crippen molar-refractivity contribution in [1.82, 2.24) is 9.78 Å². The van der Waals surface area contributed by atoms with Gasteiger partial charge in [0.2, 0.25) is 0 Å². The number of carbonyl (C=O) groups is 1. The Bertz CT molecular complexity index is 670. The van der Waals surface area contributed by atoms with Crippen LogP contribution in [-0.4, -0.2) is 15.7 Å². The average molecular weight is 359 g/mol. The van der Waals surface area contributed by atoms with Gasteiger partial charge in [-0.25, -0.2) is 4.79 Å². The number of nitrogens with zero attached hydrogens (tertiary/aromatic N) is 2. The predicted molar refractivity (Wildman–Crippen MR) is 80.6 cm³/mol. The van der Waals surface area contributed by atoms with Crippen LogP contribution >= 0.6 is 27.5 Å². The van der Waals surface area contributed by atoms with E-state index in [9.17, 15) is 4.79 Å². The van der Waals surface area contributed by atoms with E-state index in [-0.39, 0.29) is 17.2 Å². The van der Waals surface area contributed by atoms with Gasteiger partial charge in [-0.15, -0.1) is 0 Å². The summed E-state index contributed by atoms with van der Waals surface area (Å²) in [5, 5.41) is 4.43. The van der Waals surface area contributed by atoms with Crippen molar-refractivity contribution < 1.29 is 9.53 Å². The first-order valence-electron chi connectivity index (χ1n) is 5.81. The molecule has 0 saturated carbocycles. The molecular formula is C13H13BrClN3O2. The lowest BCUT2D eigenvalue weighted by Crippen LogP contribution is -2.09. The molecule has 1 heterocycles. The Kier molecular flexibility index (Phi) is 4.35. The van der Waals surface area contributed by atoms with Crippen LogP contribution < -0.4 is 5.73 Å². The van der Waals surface area contributed by atoms with Gasteiger partial charge in [-0.05, 0) is 35.0 Å². The fourth-order valence-corrected chi connectivity index (χ4v) is 2.41. The molecule has 1 aromatic heterocycles. The Balaban J connectivity index is 2.15. The molecule has 1 aromatic carbocycles. The Hall–Kier alpha value is -1.53. The molecule has 0 amide bonds. The van der Waals surface area contributed by atoms with Crippen molar-refractivity contribution in [3.63, 3.8) is 0 Å². The van der Waals surface area contributed by atoms with Crippen molar-refractivity contribution in [2.45, 2.75) is 13.5 Å². The van der Waals surface area contributed by atoms with Gasteiger partial charge >= 0.3 is 5.97 Å². The molecule has 2 aromatic rings. The summed E-state index contributed by atoms with van der Waals surface area (Å²) in [5.41, 5.74) is 7.86. The number of carbonyl (C=O) groups excluding carboxylic acids is 1. The third-order valence-corrected chi connectivity index (χ3v) is 4.30. The molecule has 0 atom stereocenters. The number of anilines is 1. The predicted octanol–water partition coefficient (Wildman–Crippen LogP) is 3.08. The second kappa shape index (κ2) is 5.85. The van der Waals surface area contributed by atoms with Crippen molar-refractivity contribution in [3.05, 3.63) is 44.6 Å². The Morgan fingerprint density at radius 1 is 1.55 bits per heavy atom. The second-order valence-electron chi connectivity index (χ2n) is 4.25. The van der Waals surface area contributed by atoms with Gasteiger partial charge in [-0.2, -0.15) is 5.10 Å². The molecular weight excluding hydrogens is 346 g/mol. The molecule has 0 spiro atoms. The van der Waals surface area contributed by atoms with Crippen LogP contribution in [0.3, 0.4) is 0 Å². The zero-order valence-electron chi connectivity index (χ0n) is 11.0. The molecule has 0 radical (unpaired) electrons. The maximum absolute atomic E-state index is 12.0. The SMILES string of the molecule is Cc1nn(C)c(COC(=O)c2cccc(N)c2Cl)c1Br. The topological polar surface area (TPSA) is 70.1 Å². The number of benzene rings is 1. The first kappa shape index (κ1) is 14.9. The van der Waals surface area contributed by atoms with E-state index in [1.807, 2.05) is 6.92 Å². The summed E-state index contributed by atoms with van der Waals surface area (Å²) in [6.45, 7) is 1.96. The summed E-state index contributed by atoms with van der Waals surface area (Å²) in [5.74, 6) is -0.520. The van der Waals surface area contributed by atoms with Crippen LogP contribution in [0.1, 0.15) is 21.7 Å². The largest absolute Gasteiger partial charge is 0.456 e. The number of hydrogen-bond donors (Lipinski definition) is 1. The number of esters is 1. The number of halogens is 2. The highest BCUT2D eigenvalue weighted by molar-refractivity contribution is 9.10. The summed E-state index contributed by atoms with van der Waals surface area (Å²) in [7, 11) is 1.79. The summed E-state index contributed by atoms with van der Waals surface area (Å²) in [4.78, 5) is 12.0. The van der Waals surface area contributed by atoms with E-state index in [0.717, 1.165) is 15.9 Å². The van der Waals surface area contributed by atoms with Gasteiger partial charge in [0.05, 0.1) is 32.1 Å². The van der Waals surface area contributed by atoms with E-state index in [4.69, 9.17) is 22.1 Å². The van der Waals surface area contributed by atoms with Gasteiger partial charge in [-0.3, -0.25) is 4.68 Å². The Morgan fingerprint density at radius 3 is 2.85 bits per heavy atom. The van der Waals surface area contributed by atoms with E-state index in [0.29, 0.717) is 5.69 Å². The minimum absolute atomic E-state index is 0.0991. The van der Waals surface area contributed by atoms with Crippen LogP contribution in [0, 0.1) is 6.92 Å². The molecule has 106 valence electrons. The smallest absolute Gasteiger partial charge is 0.340 e. The maximum atomic E-state index is 12.0. The van der Waals surface area contributed by atoms with E-state index in [1.54, 1.807) is 29.9 Å². The molecule has 2 N–H and O–H groups in total. The van der Waals surface area contributed by atoms with Gasteiger partial charge in [-0.1, -0.05) is 17.7 Å². The van der Waals surface area contributed by atoms with E-state index in [1.165, 1.54) is 0 Å². The zero-order valence-corrected chi connectivity index (χ0v) is 13.3. The highest BCUT2D eigenvalue weighted by atomic mass is 79.9. The van der Waals surface area contributed by atoms with E-state index < -0.39 is 5.97 Å². The minimum Gasteiger partial charge on any atom is -0.456 e. The lowest BCUT2D eigenvalue weighted by atomic mass is 10.2. The van der Waals surface area contributed by atoms with E-state index in [2.05, 4.69) is 21.0 Å². The number of nitrogen functional groups attached to an aromatic ring is 1. The molecule has 2 rings (SSSR count). The van der Waals surface area contributed by atoms with Crippen LogP contribution in [0.4, 0.5) is 5.69 Å². The molecule has 0 saturated heterocycles. The average Bonchev–Trinajstić information content (AvgIpc) is 2.64. The molecule has 0 aliphatic rings. The standard InChI is InChI=1S/C13H13BrClN3O2/c1-7-11(14)10(18(2)17-7)6-20-13(19)8-4-3-5-9(16)12(8)15/h3-5H,6,16H2,1-2H3. The van der Waals surface area contributed by atoms with Crippen LogP contribution in [-0.2, 0) is 18.4 Å². The number of nitrogens with two attached hydrogens (primary N) is 1. The van der Waals surface area contributed by atoms with Crippen molar-refractivity contribution in [1.29, 1.82) is 0 Å². The van der Waals surface area contributed by atoms with Crippen LogP contribution in [0.25, 0.3) is 0 Å². The highest BCUT2D eigenvalue weighted by Gasteiger charge is 2.16. The Morgan fingerprint density at radius 2 is 2.25 bits per heavy atom. The monoisotopic (exact) mass is 357 g/mol. The van der Waals surface area contributed by atoms with Gasteiger partial charge in [0.1, 0.15) is 6.61 Å². The van der Waals surface area contributed by atoms with Crippen molar-refractivity contribution >= 4 is 39.2 Å². The first-order chi connectivity index (χ1) is 9.41. The lowest BCUT2D eigenvalue weighted by Gasteiger charge is -2.08. The minimum atomic E-state index is -0.520. The highest BCUT2D eigenvalue weighted by Crippen LogP contribution is 2.25.